The first-order valence-electron chi connectivity index (χ1n) is 6.89. The molecule has 0 saturated heterocycles. The average molecular weight is 271 g/mol. The molecule has 0 aliphatic carbocycles. The van der Waals surface area contributed by atoms with E-state index in [-0.39, 0.29) is 0 Å². The van der Waals surface area contributed by atoms with Crippen molar-refractivity contribution in [2.24, 2.45) is 5.73 Å². The summed E-state index contributed by atoms with van der Waals surface area (Å²) >= 11 is 0. The largest absolute Gasteiger partial charge is 0.381 e. The van der Waals surface area contributed by atoms with Gasteiger partial charge in [-0.2, -0.15) is 0 Å². The first-order chi connectivity index (χ1) is 9.60. The van der Waals surface area contributed by atoms with Gasteiger partial charge in [0.1, 0.15) is 0 Å². The van der Waals surface area contributed by atoms with Gasteiger partial charge in [-0.25, -0.2) is 0 Å². The number of aryl methyl sites for hydroxylation is 2. The van der Waals surface area contributed by atoms with Crippen LogP contribution in [0.5, 0.6) is 0 Å². The molecule has 0 aliphatic rings. The fourth-order valence-electron chi connectivity index (χ4n) is 2.20. The van der Waals surface area contributed by atoms with Crippen molar-refractivity contribution in [1.29, 1.82) is 0 Å². The molecule has 0 bridgehead atoms. The van der Waals surface area contributed by atoms with Crippen molar-refractivity contribution in [3.8, 4) is 0 Å². The third-order valence-electron chi connectivity index (χ3n) is 3.29. The standard InChI is InChI=1S/C16H21N3O/c1-3-7-19-8-6-13(11-19)10-18-15-5-4-14(16(17)20)9-12(15)2/h4-6,8-9,11,18H,3,7,10H2,1-2H3,(H2,17,20). The number of anilines is 1. The first-order valence-corrected chi connectivity index (χ1v) is 6.89. The Balaban J connectivity index is 2.01. The second kappa shape index (κ2) is 6.28. The molecule has 0 aliphatic heterocycles. The molecule has 1 aromatic heterocycles. The second-order valence-electron chi connectivity index (χ2n) is 5.01. The molecule has 1 aromatic carbocycles. The van der Waals surface area contributed by atoms with Crippen molar-refractivity contribution >= 4 is 11.6 Å². The van der Waals surface area contributed by atoms with Gasteiger partial charge in [0, 0.05) is 36.7 Å². The molecule has 0 fully saturated rings. The van der Waals surface area contributed by atoms with Crippen LogP contribution in [-0.4, -0.2) is 10.5 Å². The minimum absolute atomic E-state index is 0.392. The fourth-order valence-corrected chi connectivity index (χ4v) is 2.20. The Morgan fingerprint density at radius 3 is 2.80 bits per heavy atom. The van der Waals surface area contributed by atoms with E-state index in [9.17, 15) is 4.79 Å². The lowest BCUT2D eigenvalue weighted by Crippen LogP contribution is -2.11. The Labute approximate surface area is 119 Å². The molecule has 1 heterocycles. The summed E-state index contributed by atoms with van der Waals surface area (Å²) in [6.07, 6.45) is 5.39. The van der Waals surface area contributed by atoms with Gasteiger partial charge in [0.2, 0.25) is 5.91 Å². The molecule has 2 aromatic rings. The highest BCUT2D eigenvalue weighted by Crippen LogP contribution is 2.17. The van der Waals surface area contributed by atoms with E-state index in [0.717, 1.165) is 30.8 Å². The van der Waals surface area contributed by atoms with Crippen LogP contribution >= 0.6 is 0 Å². The lowest BCUT2D eigenvalue weighted by molar-refractivity contribution is 0.1000. The van der Waals surface area contributed by atoms with Crippen molar-refractivity contribution in [2.45, 2.75) is 33.4 Å². The van der Waals surface area contributed by atoms with Crippen LogP contribution in [0.15, 0.2) is 36.7 Å². The number of primary amides is 1. The highest BCUT2D eigenvalue weighted by atomic mass is 16.1. The van der Waals surface area contributed by atoms with Gasteiger partial charge >= 0.3 is 0 Å². The van der Waals surface area contributed by atoms with Crippen LogP contribution in [0, 0.1) is 6.92 Å². The van der Waals surface area contributed by atoms with Crippen LogP contribution in [-0.2, 0) is 13.1 Å². The fraction of sp³-hybridized carbons (Fsp3) is 0.312. The van der Waals surface area contributed by atoms with Gasteiger partial charge in [0.15, 0.2) is 0 Å². The van der Waals surface area contributed by atoms with Gasteiger partial charge in [0.05, 0.1) is 0 Å². The van der Waals surface area contributed by atoms with Gasteiger partial charge < -0.3 is 15.6 Å². The van der Waals surface area contributed by atoms with E-state index in [0.29, 0.717) is 5.56 Å². The summed E-state index contributed by atoms with van der Waals surface area (Å²) in [5.74, 6) is -0.392. The normalized spacial score (nSPS) is 10.5. The molecular weight excluding hydrogens is 250 g/mol. The van der Waals surface area contributed by atoms with Gasteiger partial charge in [-0.05, 0) is 48.7 Å². The molecule has 3 N–H and O–H groups in total. The number of carbonyl (C=O) groups excluding carboxylic acids is 1. The van der Waals surface area contributed by atoms with Crippen molar-refractivity contribution < 1.29 is 4.79 Å². The van der Waals surface area contributed by atoms with Crippen LogP contribution < -0.4 is 11.1 Å². The summed E-state index contributed by atoms with van der Waals surface area (Å²) in [6.45, 7) is 5.96. The lowest BCUT2D eigenvalue weighted by atomic mass is 10.1. The van der Waals surface area contributed by atoms with Gasteiger partial charge in [-0.1, -0.05) is 6.92 Å². The maximum atomic E-state index is 11.1. The van der Waals surface area contributed by atoms with E-state index in [1.165, 1.54) is 5.56 Å². The number of carbonyl (C=O) groups is 1. The van der Waals surface area contributed by atoms with Crippen molar-refractivity contribution in [3.63, 3.8) is 0 Å². The third kappa shape index (κ3) is 3.41. The van der Waals surface area contributed by atoms with Crippen LogP contribution in [0.3, 0.4) is 0 Å². The molecule has 20 heavy (non-hydrogen) atoms. The van der Waals surface area contributed by atoms with Gasteiger partial charge in [-0.3, -0.25) is 4.79 Å². The lowest BCUT2D eigenvalue weighted by Gasteiger charge is -2.09. The highest BCUT2D eigenvalue weighted by Gasteiger charge is 2.04. The smallest absolute Gasteiger partial charge is 0.248 e. The molecule has 4 heteroatoms. The van der Waals surface area contributed by atoms with Crippen LogP contribution in [0.2, 0.25) is 0 Å². The first kappa shape index (κ1) is 14.2. The monoisotopic (exact) mass is 271 g/mol. The van der Waals surface area contributed by atoms with Gasteiger partial charge in [-0.15, -0.1) is 0 Å². The number of nitrogens with one attached hydrogen (secondary N) is 1. The molecular formula is C16H21N3O. The summed E-state index contributed by atoms with van der Waals surface area (Å²) in [4.78, 5) is 11.1. The number of nitrogens with zero attached hydrogens (tertiary/aromatic N) is 1. The molecule has 0 spiro atoms. The highest BCUT2D eigenvalue weighted by molar-refractivity contribution is 5.93. The number of rotatable bonds is 6. The minimum atomic E-state index is -0.392. The molecule has 106 valence electrons. The number of amides is 1. The van der Waals surface area contributed by atoms with Gasteiger partial charge in [0.25, 0.3) is 0 Å². The van der Waals surface area contributed by atoms with E-state index in [1.807, 2.05) is 19.1 Å². The predicted molar refractivity (Wildman–Crippen MR) is 81.7 cm³/mol. The molecule has 0 radical (unpaired) electrons. The molecule has 2 rings (SSSR count). The van der Waals surface area contributed by atoms with Crippen LogP contribution in [0.25, 0.3) is 0 Å². The Bertz CT molecular complexity index is 602. The zero-order valence-corrected chi connectivity index (χ0v) is 12.0. The number of hydrogen-bond donors (Lipinski definition) is 2. The molecule has 0 atom stereocenters. The SMILES string of the molecule is CCCn1ccc(CNc2ccc(C(N)=O)cc2C)c1. The Kier molecular flexibility index (Phi) is 4.45. The Morgan fingerprint density at radius 2 is 2.15 bits per heavy atom. The van der Waals surface area contributed by atoms with E-state index in [4.69, 9.17) is 5.73 Å². The predicted octanol–water partition coefficient (Wildman–Crippen LogP) is 2.92. The van der Waals surface area contributed by atoms with E-state index in [2.05, 4.69) is 35.3 Å². The van der Waals surface area contributed by atoms with Crippen molar-refractivity contribution in [1.82, 2.24) is 4.57 Å². The summed E-state index contributed by atoms with van der Waals surface area (Å²) in [5, 5.41) is 3.39. The van der Waals surface area contributed by atoms with Crippen LogP contribution in [0.4, 0.5) is 5.69 Å². The maximum absolute atomic E-state index is 11.1. The van der Waals surface area contributed by atoms with Crippen molar-refractivity contribution in [2.75, 3.05) is 5.32 Å². The number of nitrogens with two attached hydrogens (primary N) is 1. The molecule has 0 saturated carbocycles. The number of benzene rings is 1. The van der Waals surface area contributed by atoms with E-state index in [1.54, 1.807) is 6.07 Å². The van der Waals surface area contributed by atoms with Crippen LogP contribution in [0.1, 0.15) is 34.8 Å². The number of hydrogen-bond acceptors (Lipinski definition) is 2. The Hall–Kier alpha value is -2.23. The summed E-state index contributed by atoms with van der Waals surface area (Å²) in [6, 6.07) is 7.58. The summed E-state index contributed by atoms with van der Waals surface area (Å²) in [5.41, 5.74) is 9.11. The average Bonchev–Trinajstić information content (AvgIpc) is 2.85. The Morgan fingerprint density at radius 1 is 1.35 bits per heavy atom. The molecule has 1 amide bonds. The second-order valence-corrected chi connectivity index (χ2v) is 5.01. The number of aromatic nitrogens is 1. The zero-order chi connectivity index (χ0) is 14.5. The summed E-state index contributed by atoms with van der Waals surface area (Å²) < 4.78 is 2.19. The zero-order valence-electron chi connectivity index (χ0n) is 12.0. The van der Waals surface area contributed by atoms with Crippen molar-refractivity contribution in [3.05, 3.63) is 53.3 Å². The third-order valence-corrected chi connectivity index (χ3v) is 3.29. The van der Waals surface area contributed by atoms with E-state index >= 15 is 0 Å². The van der Waals surface area contributed by atoms with E-state index < -0.39 is 5.91 Å². The molecule has 4 nitrogen and oxygen atoms in total. The quantitative estimate of drug-likeness (QED) is 0.848. The minimum Gasteiger partial charge on any atom is -0.381 e. The topological polar surface area (TPSA) is 60.1 Å². The molecule has 0 unspecified atom stereocenters. The summed E-state index contributed by atoms with van der Waals surface area (Å²) in [7, 11) is 0. The maximum Gasteiger partial charge on any atom is 0.248 e.